The molecule has 24 heterocycles. The van der Waals surface area contributed by atoms with Crippen LogP contribution in [0.5, 0.6) is 0 Å². The van der Waals surface area contributed by atoms with E-state index in [1.807, 2.05) is 0 Å². The summed E-state index contributed by atoms with van der Waals surface area (Å²) in [6.07, 6.45) is 45.5. The molecule has 0 aromatic rings. The van der Waals surface area contributed by atoms with Gasteiger partial charge in [0, 0.05) is 169 Å². The van der Waals surface area contributed by atoms with E-state index in [0.29, 0.717) is 59.0 Å². The number of morpholine rings is 1. The van der Waals surface area contributed by atoms with Crippen LogP contribution in [0.2, 0.25) is 0 Å². The molecule has 25 N–H and O–H groups in total. The Labute approximate surface area is 912 Å². The summed E-state index contributed by atoms with van der Waals surface area (Å²) in [5, 5.41) is 3.63. The van der Waals surface area contributed by atoms with Gasteiger partial charge in [0.1, 0.15) is 10.3 Å². The van der Waals surface area contributed by atoms with Crippen LogP contribution in [0.4, 0.5) is 0 Å². The molecule has 24 fully saturated rings. The maximum atomic E-state index is 5.85. The van der Waals surface area contributed by atoms with Gasteiger partial charge in [-0.05, 0) is 82.5 Å². The van der Waals surface area contributed by atoms with Crippen LogP contribution in [-0.4, -0.2) is 349 Å². The highest BCUT2D eigenvalue weighted by molar-refractivity contribution is 8.00. The molecule has 12 spiro atoms. The zero-order chi connectivity index (χ0) is 105. The summed E-state index contributed by atoms with van der Waals surface area (Å²) >= 11 is 2.16. The number of quaternary nitrogens is 24. The predicted molar refractivity (Wildman–Crippen MR) is 594 cm³/mol. The van der Waals surface area contributed by atoms with Crippen LogP contribution >= 0.6 is 11.8 Å². The van der Waals surface area contributed by atoms with E-state index in [-0.39, 0.29) is 5.60 Å². The van der Waals surface area contributed by atoms with Gasteiger partial charge in [-0.2, -0.15) is 169 Å². The Morgan fingerprint density at radius 1 is 0.156 bits per heavy atom. The van der Waals surface area contributed by atoms with E-state index in [9.17, 15) is 0 Å². The summed E-state index contributed by atoms with van der Waals surface area (Å²) in [5.41, 5.74) is 6.28. The second-order valence-electron chi connectivity index (χ2n) is 55.8. The number of piperazine rings is 1. The van der Waals surface area contributed by atoms with E-state index < -0.39 is 0 Å². The number of likely N-dealkylation sites (tertiary alicyclic amines) is 21. The molecule has 26 nitrogen and oxygen atoms in total. The Bertz CT molecular complexity index is 3300. The lowest BCUT2D eigenvalue weighted by Crippen LogP contribution is -3.14. The maximum Gasteiger partial charge on any atom is 0.166 e. The molecule has 23 unspecified atom stereocenters. The molecular weight excluding hydrogens is 1840 g/mol. The van der Waals surface area contributed by atoms with E-state index in [4.69, 9.17) is 4.74 Å². The molecule has 24 aliphatic rings. The van der Waals surface area contributed by atoms with Crippen LogP contribution in [0.3, 0.4) is 0 Å². The molecule has 858 valence electrons. The predicted octanol–water partition coefficient (Wildman–Crippen LogP) is -19.3. The van der Waals surface area contributed by atoms with Crippen molar-refractivity contribution in [1.29, 1.82) is 0 Å². The van der Waals surface area contributed by atoms with Crippen LogP contribution in [0.25, 0.3) is 0 Å². The first kappa shape index (κ1) is 123. The highest BCUT2D eigenvalue weighted by atomic mass is 32.2. The van der Waals surface area contributed by atoms with E-state index in [2.05, 4.69) is 186 Å². The lowest BCUT2D eigenvalue weighted by atomic mass is 9.71. The Morgan fingerprint density at radius 3 is 0.599 bits per heavy atom. The van der Waals surface area contributed by atoms with Crippen molar-refractivity contribution in [2.75, 3.05) is 333 Å². The van der Waals surface area contributed by atoms with Gasteiger partial charge in [0.05, 0.1) is 342 Å². The molecule has 0 aromatic carbocycles. The van der Waals surface area contributed by atoms with Crippen molar-refractivity contribution in [2.45, 2.75) is 228 Å². The summed E-state index contributed by atoms with van der Waals surface area (Å²) in [6, 6.07) is 0. The molecule has 24 aliphatic heterocycles. The fourth-order valence-electron chi connectivity index (χ4n) is 33.0. The first-order valence-electron chi connectivity index (χ1n) is 61.0. The lowest BCUT2D eigenvalue weighted by Gasteiger charge is -2.47. The molecule has 0 aliphatic carbocycles. The first-order valence-corrected chi connectivity index (χ1v) is 61.9. The van der Waals surface area contributed by atoms with Gasteiger partial charge >= 0.3 is 0 Å². The van der Waals surface area contributed by atoms with Crippen LogP contribution < -0.4 is 123 Å². The highest BCUT2D eigenvalue weighted by Gasteiger charge is 2.52. The number of nitrogens with one attached hydrogen (secondary N) is 25. The summed E-state index contributed by atoms with van der Waals surface area (Å²) in [6.45, 7) is 62.1. The topological polar surface area (TPSA) is 128 Å². The fourth-order valence-corrected chi connectivity index (χ4v) is 34.7. The minimum atomic E-state index is 0.117. The quantitative estimate of drug-likeness (QED) is 0.110. The van der Waals surface area contributed by atoms with Gasteiger partial charge in [-0.25, -0.2) is 0 Å². The molecule has 0 saturated carbocycles. The van der Waals surface area contributed by atoms with E-state index in [1.54, 1.807) is 0 Å². The Balaban J connectivity index is 0.000000134. The van der Waals surface area contributed by atoms with E-state index in [1.165, 1.54) is 610 Å². The Hall–Kier alpha value is -0.690. The Morgan fingerprint density at radius 2 is 0.354 bits per heavy atom. The van der Waals surface area contributed by atoms with Crippen LogP contribution in [0.15, 0.2) is 0 Å². The summed E-state index contributed by atoms with van der Waals surface area (Å²) in [5.74, 6) is 1.28. The lowest BCUT2D eigenvalue weighted by molar-refractivity contribution is -0.900. The SMILES string of the molecule is [CH2-][NH+]1CCC2(CC1)CC[NH+]([CH2-])C2.[CH2-][NH+]1CCC2(CC1)CC[NH+]([CH2-])C2.[CH2-][NH+]1CCC2(CC1)CC[NH+]([CH2-])CC2.[CH2-][NH+]1CCC2(CCC[NH+]([CH2-])C2)CC1.[CH2-][NH+]1CCC2(CCC[NH+]([CH2-])C2)CC1.[CH2-][NH+]1CCC2(CC[NH+]([CH2-])C2)C1.[CH2-][NH+]1CCCC2(CCC[NH+]([CH2-])C2)C1.[CH2-][NH+]1CCCC2(CC[NH+]([CH2-])C2)C1.[CH2-][NH+]1CCCC2(CC[NH+]([CH2-])C2)C1.[CH2-][NH+]1CCNC2(CC[NH+]([CH2-])C2)C1.[CH2-][NH+]1CCOC2(CC[NH+]([CH2-])C2)C1.[CH2-][NH+]1CCSC2(CC[NH+]([CH2-])C2)C1. The minimum Gasteiger partial charge on any atom is -0.468 e. The third-order valence-corrected chi connectivity index (χ3v) is 43.6. The molecular formula is C120H241N25OS. The van der Waals surface area contributed by atoms with Crippen molar-refractivity contribution >= 4 is 11.8 Å². The van der Waals surface area contributed by atoms with Gasteiger partial charge in [0.25, 0.3) is 0 Å². The van der Waals surface area contributed by atoms with Crippen LogP contribution in [0.1, 0.15) is 212 Å². The van der Waals surface area contributed by atoms with Crippen LogP contribution in [-0.2, 0) is 4.74 Å². The molecule has 0 aromatic heterocycles. The second kappa shape index (κ2) is 57.1. The number of piperidine rings is 12. The van der Waals surface area contributed by atoms with Crippen LogP contribution in [0, 0.1) is 218 Å². The number of thioether (sulfide) groups is 1. The van der Waals surface area contributed by atoms with Gasteiger partial charge in [-0.1, -0.05) is 0 Å². The molecule has 0 amide bonds. The first-order chi connectivity index (χ1) is 69.9. The largest absolute Gasteiger partial charge is 0.468 e. The number of hydrogen-bond donors (Lipinski definition) is 25. The average molecular weight is 2080 g/mol. The fraction of sp³-hybridized carbons (Fsp3) is 0.800. The zero-order valence-corrected chi connectivity index (χ0v) is 96.5. The molecule has 147 heavy (non-hydrogen) atoms. The molecule has 0 radical (unpaired) electrons. The number of ether oxygens (including phenoxy) is 1. The second-order valence-corrected chi connectivity index (χ2v) is 57.4. The van der Waals surface area contributed by atoms with E-state index in [0.717, 1.165) is 52.3 Å². The van der Waals surface area contributed by atoms with Gasteiger partial charge < -0.3 is 122 Å². The molecule has 24 rings (SSSR count). The van der Waals surface area contributed by atoms with Crippen molar-refractivity contribution < 1.29 is 122 Å². The Kier molecular flexibility index (Phi) is 47.8. The summed E-state index contributed by atoms with van der Waals surface area (Å²) in [7, 11) is 98.3. The third kappa shape index (κ3) is 38.5. The molecule has 27 heteroatoms. The normalized spacial score (nSPS) is 48.0. The molecule has 24 saturated heterocycles. The number of rotatable bonds is 0. The van der Waals surface area contributed by atoms with Crippen molar-refractivity contribution in [3.8, 4) is 0 Å². The zero-order valence-electron chi connectivity index (χ0n) is 95.7. The smallest absolute Gasteiger partial charge is 0.166 e. The minimum absolute atomic E-state index is 0.117. The van der Waals surface area contributed by atoms with Crippen molar-refractivity contribution in [3.63, 3.8) is 0 Å². The number of hydrogen-bond acceptors (Lipinski definition) is 3. The third-order valence-electron chi connectivity index (χ3n) is 42.1. The standard InChI is InChI=1S/4C11H22N2.4C10H20N2.C9H19N3.C9H18N2O.C9H18N2S.C9H18N2/c1-12-7-3-11(4-8-12)5-9-13(2)10-6-11;1-12-7-3-5-11(9-12)6-4-8-13(2)10-11;2*1-12-8-5-11(6-9-12)4-3-7-13(2)10-11;2*1-11-6-3-10(4-7-11)5-8-12(2)9-10;2*1-11-6-3-4-10(8-11)5-7-12(2)9-10;1-11-5-3-9(7-11)8-12(2)6-4-10-9;2*1-10-4-3-9(7-10)8-11(2)5-6-12-9;1-10-5-3-9(7-10)4-6-11(2)8-9/h4*12-13H,1-10H2;4*11-12H,1-9H2;10-12H,1-8H2;2*10-11H,1-8H2;10-11H,1-8H2. The van der Waals surface area contributed by atoms with Gasteiger partial charge in [-0.3, -0.25) is 5.32 Å². The van der Waals surface area contributed by atoms with Crippen molar-refractivity contribution in [3.05, 3.63) is 169 Å². The van der Waals surface area contributed by atoms with Crippen molar-refractivity contribution in [2.24, 2.45) is 48.7 Å². The average Bonchev–Trinajstić information content (AvgIpc) is 1.19. The molecule has 0 bridgehead atoms. The van der Waals surface area contributed by atoms with Crippen molar-refractivity contribution in [1.82, 2.24) is 5.32 Å². The van der Waals surface area contributed by atoms with Gasteiger partial charge in [0.2, 0.25) is 0 Å². The maximum absolute atomic E-state index is 5.85. The monoisotopic (exact) mass is 2080 g/mol. The van der Waals surface area contributed by atoms with Gasteiger partial charge in [0.15, 0.2) is 5.60 Å². The summed E-state index contributed by atoms with van der Waals surface area (Å²) < 4.78 is 6.38. The molecule has 23 atom stereocenters. The van der Waals surface area contributed by atoms with Gasteiger partial charge in [-0.15, -0.1) is 11.8 Å². The summed E-state index contributed by atoms with van der Waals surface area (Å²) in [4.78, 5) is 35.1. The highest BCUT2D eigenvalue weighted by Crippen LogP contribution is 2.40. The van der Waals surface area contributed by atoms with E-state index >= 15 is 0 Å².